The molecule has 0 aliphatic carbocycles. The highest BCUT2D eigenvalue weighted by Crippen LogP contribution is 2.30. The average molecular weight is 446 g/mol. The molecule has 4 rings (SSSR count). The maximum Gasteiger partial charge on any atom is 0.416 e. The summed E-state index contributed by atoms with van der Waals surface area (Å²) < 4.78 is 38.1. The monoisotopic (exact) mass is 445 g/mol. The summed E-state index contributed by atoms with van der Waals surface area (Å²) in [5.41, 5.74) is 2.20. The number of alkyl halides is 3. The van der Waals surface area contributed by atoms with E-state index in [1.165, 1.54) is 25.0 Å². The van der Waals surface area contributed by atoms with Gasteiger partial charge in [-0.15, -0.1) is 0 Å². The minimum absolute atomic E-state index is 0.0309. The molecule has 0 bridgehead atoms. The molecule has 1 atom stereocenters. The third-order valence-electron chi connectivity index (χ3n) is 6.81. The topological polar surface area (TPSA) is 36.4 Å². The van der Waals surface area contributed by atoms with Crippen molar-refractivity contribution in [2.75, 3.05) is 26.2 Å². The van der Waals surface area contributed by atoms with Crippen LogP contribution in [0.3, 0.4) is 0 Å². The SMILES string of the molecule is C[C@H](C(=O)N1CCC(c2ccc(Cc3ccc(C(F)(F)F)cc3)cn2)CC1)N1CCCC1. The van der Waals surface area contributed by atoms with Gasteiger partial charge in [0.15, 0.2) is 0 Å². The van der Waals surface area contributed by atoms with Crippen LogP contribution in [-0.2, 0) is 17.4 Å². The first-order valence-corrected chi connectivity index (χ1v) is 11.4. The first-order valence-electron chi connectivity index (χ1n) is 11.4. The number of halogens is 3. The second-order valence-corrected chi connectivity index (χ2v) is 8.98. The van der Waals surface area contributed by atoms with E-state index in [0.717, 1.165) is 68.0 Å². The summed E-state index contributed by atoms with van der Waals surface area (Å²) in [5, 5.41) is 0. The molecule has 2 aromatic rings. The smallest absolute Gasteiger partial charge is 0.341 e. The first kappa shape index (κ1) is 22.8. The van der Waals surface area contributed by atoms with Crippen LogP contribution < -0.4 is 0 Å². The summed E-state index contributed by atoms with van der Waals surface area (Å²) >= 11 is 0. The Labute approximate surface area is 187 Å². The van der Waals surface area contributed by atoms with E-state index >= 15 is 0 Å². The van der Waals surface area contributed by atoms with Crippen LogP contribution in [0.5, 0.6) is 0 Å². The van der Waals surface area contributed by atoms with Gasteiger partial charge in [0.1, 0.15) is 0 Å². The van der Waals surface area contributed by atoms with Crippen LogP contribution in [0.1, 0.15) is 60.9 Å². The number of amides is 1. The number of benzene rings is 1. The van der Waals surface area contributed by atoms with Crippen molar-refractivity contribution in [3.05, 3.63) is 65.0 Å². The lowest BCUT2D eigenvalue weighted by atomic mass is 9.92. The van der Waals surface area contributed by atoms with E-state index in [-0.39, 0.29) is 11.9 Å². The summed E-state index contributed by atoms with van der Waals surface area (Å²) in [4.78, 5) is 21.7. The predicted molar refractivity (Wildman–Crippen MR) is 117 cm³/mol. The largest absolute Gasteiger partial charge is 0.416 e. The number of hydrogen-bond acceptors (Lipinski definition) is 3. The summed E-state index contributed by atoms with van der Waals surface area (Å²) in [7, 11) is 0. The lowest BCUT2D eigenvalue weighted by molar-refractivity contribution is -0.138. The van der Waals surface area contributed by atoms with Crippen molar-refractivity contribution in [1.29, 1.82) is 0 Å². The summed E-state index contributed by atoms with van der Waals surface area (Å²) in [5.74, 6) is 0.575. The fourth-order valence-electron chi connectivity index (χ4n) is 4.77. The third kappa shape index (κ3) is 5.31. The molecule has 2 aliphatic heterocycles. The van der Waals surface area contributed by atoms with Gasteiger partial charge >= 0.3 is 6.18 Å². The zero-order chi connectivity index (χ0) is 22.7. The van der Waals surface area contributed by atoms with Crippen LogP contribution >= 0.6 is 0 Å². The van der Waals surface area contributed by atoms with Gasteiger partial charge in [-0.25, -0.2) is 0 Å². The van der Waals surface area contributed by atoms with Crippen molar-refractivity contribution in [2.24, 2.45) is 0 Å². The lowest BCUT2D eigenvalue weighted by Gasteiger charge is -2.35. The number of carbonyl (C=O) groups is 1. The van der Waals surface area contributed by atoms with Crippen molar-refractivity contribution < 1.29 is 18.0 Å². The van der Waals surface area contributed by atoms with Crippen molar-refractivity contribution in [3.8, 4) is 0 Å². The Morgan fingerprint density at radius 1 is 1.00 bits per heavy atom. The maximum absolute atomic E-state index is 12.8. The van der Waals surface area contributed by atoms with E-state index in [1.807, 2.05) is 30.2 Å². The highest BCUT2D eigenvalue weighted by atomic mass is 19.4. The molecular formula is C25H30F3N3O. The first-order chi connectivity index (χ1) is 15.3. The summed E-state index contributed by atoms with van der Waals surface area (Å²) in [6.45, 7) is 5.59. The third-order valence-corrected chi connectivity index (χ3v) is 6.81. The molecule has 32 heavy (non-hydrogen) atoms. The quantitative estimate of drug-likeness (QED) is 0.658. The number of nitrogens with zero attached hydrogens (tertiary/aromatic N) is 3. The van der Waals surface area contributed by atoms with E-state index in [1.54, 1.807) is 0 Å². The normalized spacial score (nSPS) is 19.3. The van der Waals surface area contributed by atoms with Crippen LogP contribution in [0.15, 0.2) is 42.6 Å². The van der Waals surface area contributed by atoms with Crippen molar-refractivity contribution in [3.63, 3.8) is 0 Å². The molecule has 0 spiro atoms. The van der Waals surface area contributed by atoms with Crippen LogP contribution in [0.2, 0.25) is 0 Å². The molecule has 2 aliphatic rings. The molecule has 1 aromatic heterocycles. The van der Waals surface area contributed by atoms with E-state index in [4.69, 9.17) is 0 Å². The number of rotatable bonds is 5. The highest BCUT2D eigenvalue weighted by molar-refractivity contribution is 5.81. The molecule has 0 N–H and O–H groups in total. The van der Waals surface area contributed by atoms with Gasteiger partial charge in [0.2, 0.25) is 5.91 Å². The second kappa shape index (κ2) is 9.61. The average Bonchev–Trinajstić information content (AvgIpc) is 3.34. The van der Waals surface area contributed by atoms with Crippen LogP contribution in [0.4, 0.5) is 13.2 Å². The molecule has 1 aromatic carbocycles. The Bertz CT molecular complexity index is 898. The molecule has 0 radical (unpaired) electrons. The Hall–Kier alpha value is -2.41. The second-order valence-electron chi connectivity index (χ2n) is 8.98. The number of carbonyl (C=O) groups excluding carboxylic acids is 1. The Balaban J connectivity index is 1.29. The highest BCUT2D eigenvalue weighted by Gasteiger charge is 2.31. The molecule has 4 nitrogen and oxygen atoms in total. The van der Waals surface area contributed by atoms with Gasteiger partial charge in [-0.2, -0.15) is 13.2 Å². The Morgan fingerprint density at radius 2 is 1.62 bits per heavy atom. The number of likely N-dealkylation sites (tertiary alicyclic amines) is 2. The van der Waals surface area contributed by atoms with Crippen LogP contribution in [-0.4, -0.2) is 52.9 Å². The van der Waals surface area contributed by atoms with E-state index in [2.05, 4.69) is 9.88 Å². The molecule has 7 heteroatoms. The van der Waals surface area contributed by atoms with Gasteiger partial charge in [-0.3, -0.25) is 14.7 Å². The molecule has 0 saturated carbocycles. The van der Waals surface area contributed by atoms with Crippen LogP contribution in [0, 0.1) is 0 Å². The van der Waals surface area contributed by atoms with Gasteiger partial charge in [0.05, 0.1) is 11.6 Å². The van der Waals surface area contributed by atoms with E-state index in [9.17, 15) is 18.0 Å². The molecule has 0 unspecified atom stereocenters. The standard InChI is InChI=1S/C25H30F3N3O/c1-18(30-12-2-3-13-30)24(32)31-14-10-21(11-15-31)23-9-6-20(17-29-23)16-19-4-7-22(8-5-19)25(26,27)28/h4-9,17-18,21H,2-3,10-16H2,1H3/t18-/m1/s1. The van der Waals surface area contributed by atoms with Crippen LogP contribution in [0.25, 0.3) is 0 Å². The van der Waals surface area contributed by atoms with Gasteiger partial charge in [0.25, 0.3) is 0 Å². The lowest BCUT2D eigenvalue weighted by Crippen LogP contribution is -2.48. The molecule has 2 saturated heterocycles. The Kier molecular flexibility index (Phi) is 6.84. The molecular weight excluding hydrogens is 415 g/mol. The van der Waals surface area contributed by atoms with E-state index < -0.39 is 11.7 Å². The van der Waals surface area contributed by atoms with E-state index in [0.29, 0.717) is 12.3 Å². The van der Waals surface area contributed by atoms with Gasteiger partial charge in [-0.1, -0.05) is 18.2 Å². The molecule has 2 fully saturated rings. The van der Waals surface area contributed by atoms with Gasteiger partial charge < -0.3 is 4.90 Å². The van der Waals surface area contributed by atoms with Gasteiger partial charge in [-0.05, 0) is 81.4 Å². The Morgan fingerprint density at radius 3 is 2.19 bits per heavy atom. The minimum atomic E-state index is -4.31. The molecule has 3 heterocycles. The maximum atomic E-state index is 12.8. The summed E-state index contributed by atoms with van der Waals surface area (Å²) in [6, 6.07) is 9.28. The zero-order valence-corrected chi connectivity index (χ0v) is 18.4. The summed E-state index contributed by atoms with van der Waals surface area (Å²) in [6.07, 6.45) is 2.23. The van der Waals surface area contributed by atoms with Gasteiger partial charge in [0, 0.05) is 30.9 Å². The number of aromatic nitrogens is 1. The van der Waals surface area contributed by atoms with Crippen molar-refractivity contribution >= 4 is 5.91 Å². The fraction of sp³-hybridized carbons (Fsp3) is 0.520. The van der Waals surface area contributed by atoms with Crippen molar-refractivity contribution in [1.82, 2.24) is 14.8 Å². The minimum Gasteiger partial charge on any atom is -0.341 e. The number of piperidine rings is 1. The fourth-order valence-corrected chi connectivity index (χ4v) is 4.77. The number of hydrogen-bond donors (Lipinski definition) is 0. The zero-order valence-electron chi connectivity index (χ0n) is 18.4. The van der Waals surface area contributed by atoms with Crippen molar-refractivity contribution in [2.45, 2.75) is 57.2 Å². The molecule has 1 amide bonds. The number of pyridine rings is 1. The predicted octanol–water partition coefficient (Wildman–Crippen LogP) is 4.88. The molecule has 172 valence electrons.